The van der Waals surface area contributed by atoms with Gasteiger partial charge >= 0.3 is 0 Å². The van der Waals surface area contributed by atoms with E-state index in [2.05, 4.69) is 4.98 Å². The maximum atomic E-state index is 11.9. The van der Waals surface area contributed by atoms with Crippen LogP contribution >= 0.6 is 0 Å². The van der Waals surface area contributed by atoms with Crippen LogP contribution in [0.25, 0.3) is 0 Å². The summed E-state index contributed by atoms with van der Waals surface area (Å²) in [6, 6.07) is 10.9. The number of H-pyrrole nitrogens is 1. The maximum absolute atomic E-state index is 11.9. The van der Waals surface area contributed by atoms with Gasteiger partial charge in [-0.3, -0.25) is 4.79 Å². The number of hydrogen-bond acceptors (Lipinski definition) is 2. The number of carbonyl (C=O) groups is 1. The molecule has 15 heavy (non-hydrogen) atoms. The molecule has 0 radical (unpaired) electrons. The molecule has 1 aromatic carbocycles. The molecule has 0 aliphatic carbocycles. The van der Waals surface area contributed by atoms with E-state index in [1.807, 2.05) is 18.2 Å². The van der Waals surface area contributed by atoms with Crippen molar-refractivity contribution < 1.29 is 4.79 Å². The predicted molar refractivity (Wildman–Crippen MR) is 58.6 cm³/mol. The van der Waals surface area contributed by atoms with E-state index in [4.69, 9.17) is 5.73 Å². The highest BCUT2D eigenvalue weighted by atomic mass is 16.1. The molecule has 0 aliphatic heterocycles. The van der Waals surface area contributed by atoms with E-state index in [-0.39, 0.29) is 5.78 Å². The number of carbonyl (C=O) groups excluding carboxylic acids is 1. The summed E-state index contributed by atoms with van der Waals surface area (Å²) in [5.74, 6) is -0.00435. The topological polar surface area (TPSA) is 58.9 Å². The Kier molecular flexibility index (Phi) is 2.65. The first kappa shape index (κ1) is 9.68. The van der Waals surface area contributed by atoms with Crippen LogP contribution in [0.4, 0.5) is 0 Å². The molecule has 0 unspecified atom stereocenters. The van der Waals surface area contributed by atoms with E-state index in [9.17, 15) is 4.79 Å². The normalized spacial score (nSPS) is 10.2. The summed E-state index contributed by atoms with van der Waals surface area (Å²) in [6.07, 6.45) is 1.74. The molecular formula is C12H12N2O. The Balaban J connectivity index is 2.34. The third-order valence-electron chi connectivity index (χ3n) is 2.27. The second kappa shape index (κ2) is 4.11. The van der Waals surface area contributed by atoms with Gasteiger partial charge in [-0.15, -0.1) is 0 Å². The highest BCUT2D eigenvalue weighted by Gasteiger charge is 2.09. The monoisotopic (exact) mass is 200 g/mol. The van der Waals surface area contributed by atoms with Gasteiger partial charge in [-0.25, -0.2) is 0 Å². The third kappa shape index (κ3) is 1.97. The number of benzene rings is 1. The van der Waals surface area contributed by atoms with Crippen molar-refractivity contribution in [2.24, 2.45) is 5.73 Å². The van der Waals surface area contributed by atoms with Crippen LogP contribution in [0.3, 0.4) is 0 Å². The molecule has 0 atom stereocenters. The van der Waals surface area contributed by atoms with Gasteiger partial charge in [0.15, 0.2) is 0 Å². The van der Waals surface area contributed by atoms with Crippen molar-refractivity contribution >= 4 is 5.78 Å². The molecule has 3 N–H and O–H groups in total. The van der Waals surface area contributed by atoms with Crippen LogP contribution in [0.5, 0.6) is 0 Å². The molecule has 0 spiro atoms. The van der Waals surface area contributed by atoms with Crippen LogP contribution in [-0.4, -0.2) is 10.8 Å². The third-order valence-corrected chi connectivity index (χ3v) is 2.27. The quantitative estimate of drug-likeness (QED) is 0.741. The number of rotatable bonds is 3. The summed E-state index contributed by atoms with van der Waals surface area (Å²) < 4.78 is 0. The molecule has 0 saturated carbocycles. The van der Waals surface area contributed by atoms with Gasteiger partial charge in [-0.1, -0.05) is 18.2 Å². The van der Waals surface area contributed by atoms with Gasteiger partial charge in [-0.2, -0.15) is 0 Å². The van der Waals surface area contributed by atoms with Crippen molar-refractivity contribution in [1.29, 1.82) is 0 Å². The standard InChI is InChI=1S/C12H12N2O/c13-8-9-3-1-4-10(7-9)12(15)11-5-2-6-14-11/h1-7,14H,8,13H2. The zero-order chi connectivity index (χ0) is 10.7. The second-order valence-corrected chi connectivity index (χ2v) is 3.32. The lowest BCUT2D eigenvalue weighted by molar-refractivity contribution is 0.103. The molecule has 0 fully saturated rings. The smallest absolute Gasteiger partial charge is 0.209 e. The summed E-state index contributed by atoms with van der Waals surface area (Å²) in [5.41, 5.74) is 7.75. The fourth-order valence-electron chi connectivity index (χ4n) is 1.47. The number of nitrogens with two attached hydrogens (primary N) is 1. The molecule has 76 valence electrons. The lowest BCUT2D eigenvalue weighted by atomic mass is 10.1. The predicted octanol–water partition coefficient (Wildman–Crippen LogP) is 1.70. The summed E-state index contributed by atoms with van der Waals surface area (Å²) in [7, 11) is 0. The number of aromatic nitrogens is 1. The van der Waals surface area contributed by atoms with Crippen molar-refractivity contribution in [2.45, 2.75) is 6.54 Å². The Hall–Kier alpha value is -1.87. The van der Waals surface area contributed by atoms with Crippen molar-refractivity contribution in [1.82, 2.24) is 4.98 Å². The van der Waals surface area contributed by atoms with Gasteiger partial charge in [0.2, 0.25) is 5.78 Å². The van der Waals surface area contributed by atoms with Crippen molar-refractivity contribution in [2.75, 3.05) is 0 Å². The first-order valence-corrected chi connectivity index (χ1v) is 4.78. The Bertz CT molecular complexity index is 460. The van der Waals surface area contributed by atoms with Crippen LogP contribution in [0, 0.1) is 0 Å². The summed E-state index contributed by atoms with van der Waals surface area (Å²) in [6.45, 7) is 0.450. The van der Waals surface area contributed by atoms with Crippen LogP contribution < -0.4 is 5.73 Å². The van der Waals surface area contributed by atoms with Crippen molar-refractivity contribution in [3.8, 4) is 0 Å². The largest absolute Gasteiger partial charge is 0.359 e. The van der Waals surface area contributed by atoms with Gasteiger partial charge < -0.3 is 10.7 Å². The number of ketones is 1. The Labute approximate surface area is 87.9 Å². The minimum Gasteiger partial charge on any atom is -0.359 e. The molecule has 0 amide bonds. The lowest BCUT2D eigenvalue weighted by Gasteiger charge is -2.01. The first-order valence-electron chi connectivity index (χ1n) is 4.78. The zero-order valence-corrected chi connectivity index (χ0v) is 8.23. The molecule has 1 heterocycles. The first-order chi connectivity index (χ1) is 7.31. The summed E-state index contributed by atoms with van der Waals surface area (Å²) >= 11 is 0. The van der Waals surface area contributed by atoms with Gasteiger partial charge in [0.05, 0.1) is 5.69 Å². The van der Waals surface area contributed by atoms with Gasteiger partial charge in [0.1, 0.15) is 0 Å². The van der Waals surface area contributed by atoms with E-state index < -0.39 is 0 Å². The van der Waals surface area contributed by atoms with Gasteiger partial charge in [0, 0.05) is 18.3 Å². The highest BCUT2D eigenvalue weighted by Crippen LogP contribution is 2.10. The van der Waals surface area contributed by atoms with Crippen LogP contribution in [0.2, 0.25) is 0 Å². The fraction of sp³-hybridized carbons (Fsp3) is 0.0833. The number of nitrogens with one attached hydrogen (secondary N) is 1. The van der Waals surface area contributed by atoms with Crippen LogP contribution in [0.15, 0.2) is 42.6 Å². The molecule has 3 heteroatoms. The van der Waals surface area contributed by atoms with Crippen molar-refractivity contribution in [3.63, 3.8) is 0 Å². The Morgan fingerprint density at radius 1 is 1.27 bits per heavy atom. The number of aromatic amines is 1. The molecule has 0 bridgehead atoms. The van der Waals surface area contributed by atoms with Gasteiger partial charge in [0.25, 0.3) is 0 Å². The zero-order valence-electron chi connectivity index (χ0n) is 8.23. The average Bonchev–Trinajstić information content (AvgIpc) is 2.81. The molecule has 1 aromatic heterocycles. The molecular weight excluding hydrogens is 188 g/mol. The van der Waals surface area contributed by atoms with E-state index in [0.717, 1.165) is 5.56 Å². The van der Waals surface area contributed by atoms with Crippen LogP contribution in [0.1, 0.15) is 21.6 Å². The summed E-state index contributed by atoms with van der Waals surface area (Å²) in [5, 5.41) is 0. The van der Waals surface area contributed by atoms with E-state index in [0.29, 0.717) is 17.8 Å². The van der Waals surface area contributed by atoms with E-state index >= 15 is 0 Å². The van der Waals surface area contributed by atoms with Crippen LogP contribution in [-0.2, 0) is 6.54 Å². The lowest BCUT2D eigenvalue weighted by Crippen LogP contribution is -2.03. The Morgan fingerprint density at radius 3 is 2.80 bits per heavy atom. The molecule has 2 aromatic rings. The number of hydrogen-bond donors (Lipinski definition) is 2. The minimum atomic E-state index is -0.00435. The molecule has 2 rings (SSSR count). The maximum Gasteiger partial charge on any atom is 0.209 e. The fourth-order valence-corrected chi connectivity index (χ4v) is 1.47. The summed E-state index contributed by atoms with van der Waals surface area (Å²) in [4.78, 5) is 14.8. The molecule has 3 nitrogen and oxygen atoms in total. The van der Waals surface area contributed by atoms with Gasteiger partial charge in [-0.05, 0) is 23.8 Å². The molecule has 0 aliphatic rings. The second-order valence-electron chi connectivity index (χ2n) is 3.32. The van der Waals surface area contributed by atoms with Crippen molar-refractivity contribution in [3.05, 3.63) is 59.4 Å². The van der Waals surface area contributed by atoms with E-state index in [1.54, 1.807) is 24.4 Å². The highest BCUT2D eigenvalue weighted by molar-refractivity contribution is 6.07. The molecule has 0 saturated heterocycles. The average molecular weight is 200 g/mol. The van der Waals surface area contributed by atoms with E-state index in [1.165, 1.54) is 0 Å². The SMILES string of the molecule is NCc1cccc(C(=O)c2ccc[nH]2)c1. The minimum absolute atomic E-state index is 0.00435. The Morgan fingerprint density at radius 2 is 2.13 bits per heavy atom.